The van der Waals surface area contributed by atoms with Gasteiger partial charge in [-0.2, -0.15) is 0 Å². The maximum atomic E-state index is 5.58. The van der Waals surface area contributed by atoms with E-state index in [1.807, 2.05) is 13.0 Å². The molecule has 0 saturated heterocycles. The van der Waals surface area contributed by atoms with Gasteiger partial charge < -0.3 is 10.2 Å². The topological polar surface area (TPSA) is 39.2 Å². The van der Waals surface area contributed by atoms with Crippen LogP contribution in [0.4, 0.5) is 0 Å². The van der Waals surface area contributed by atoms with Crippen LogP contribution in [0.25, 0.3) is 0 Å². The predicted molar refractivity (Wildman–Crippen MR) is 45.7 cm³/mol. The van der Waals surface area contributed by atoms with Crippen molar-refractivity contribution in [2.75, 3.05) is 0 Å². The van der Waals surface area contributed by atoms with Crippen LogP contribution < -0.4 is 5.73 Å². The minimum atomic E-state index is 0.221. The van der Waals surface area contributed by atoms with Gasteiger partial charge in [-0.1, -0.05) is 0 Å². The molecule has 1 aromatic rings. The summed E-state index contributed by atoms with van der Waals surface area (Å²) >= 11 is 5.58. The Morgan fingerprint density at radius 1 is 1.64 bits per heavy atom. The molecule has 0 aliphatic rings. The fraction of sp³-hybridized carbons (Fsp3) is 0.500. The Labute approximate surface area is 71.3 Å². The maximum Gasteiger partial charge on any atom is 0.193 e. The fourth-order valence-electron chi connectivity index (χ4n) is 0.856. The number of furan rings is 1. The molecule has 0 aliphatic heterocycles. The second-order valence-electron chi connectivity index (χ2n) is 2.72. The molecule has 1 atom stereocenters. The number of hydrogen-bond acceptors (Lipinski definition) is 2. The van der Waals surface area contributed by atoms with E-state index >= 15 is 0 Å². The molecule has 2 N–H and O–H groups in total. The molecule has 2 nitrogen and oxygen atoms in total. The zero-order valence-electron chi connectivity index (χ0n) is 6.51. The Balaban J connectivity index is 2.39. The van der Waals surface area contributed by atoms with Crippen LogP contribution in [-0.4, -0.2) is 6.04 Å². The molecule has 1 rings (SSSR count). The largest absolute Gasteiger partial charge is 0.450 e. The van der Waals surface area contributed by atoms with E-state index in [-0.39, 0.29) is 6.04 Å². The van der Waals surface area contributed by atoms with Crippen molar-refractivity contribution in [1.82, 2.24) is 0 Å². The Morgan fingerprint density at radius 3 is 2.82 bits per heavy atom. The van der Waals surface area contributed by atoms with Crippen molar-refractivity contribution in [2.24, 2.45) is 5.73 Å². The highest BCUT2D eigenvalue weighted by atomic mass is 35.5. The van der Waals surface area contributed by atoms with Crippen LogP contribution in [-0.2, 0) is 6.42 Å². The normalized spacial score (nSPS) is 13.4. The summed E-state index contributed by atoms with van der Waals surface area (Å²) in [6, 6.07) is 3.85. The number of hydrogen-bond donors (Lipinski definition) is 1. The highest BCUT2D eigenvalue weighted by Gasteiger charge is 2.00. The second kappa shape index (κ2) is 3.79. The van der Waals surface area contributed by atoms with E-state index < -0.39 is 0 Å². The Bertz CT molecular complexity index is 220. The summed E-state index contributed by atoms with van der Waals surface area (Å²) in [6.45, 7) is 1.98. The number of nitrogens with two attached hydrogens (primary N) is 1. The van der Waals surface area contributed by atoms with Gasteiger partial charge in [0.2, 0.25) is 0 Å². The van der Waals surface area contributed by atoms with Gasteiger partial charge in [-0.25, -0.2) is 0 Å². The van der Waals surface area contributed by atoms with Crippen LogP contribution in [0.2, 0.25) is 5.22 Å². The molecule has 0 amide bonds. The zero-order chi connectivity index (χ0) is 8.27. The van der Waals surface area contributed by atoms with E-state index in [0.717, 1.165) is 18.6 Å². The molecule has 0 aromatic carbocycles. The molecule has 62 valence electrons. The first-order valence-corrected chi connectivity index (χ1v) is 4.06. The van der Waals surface area contributed by atoms with Crippen molar-refractivity contribution in [1.29, 1.82) is 0 Å². The second-order valence-corrected chi connectivity index (χ2v) is 3.09. The smallest absolute Gasteiger partial charge is 0.193 e. The molecule has 0 saturated carbocycles. The fourth-order valence-corrected chi connectivity index (χ4v) is 1.02. The Kier molecular flexibility index (Phi) is 2.97. The van der Waals surface area contributed by atoms with Gasteiger partial charge in [-0.05, 0) is 37.1 Å². The first kappa shape index (κ1) is 8.62. The lowest BCUT2D eigenvalue weighted by atomic mass is 10.2. The van der Waals surface area contributed by atoms with Gasteiger partial charge in [-0.3, -0.25) is 0 Å². The zero-order valence-corrected chi connectivity index (χ0v) is 7.27. The van der Waals surface area contributed by atoms with E-state index in [9.17, 15) is 0 Å². The first-order valence-electron chi connectivity index (χ1n) is 3.68. The van der Waals surface area contributed by atoms with Gasteiger partial charge in [0.1, 0.15) is 5.76 Å². The number of halogens is 1. The van der Waals surface area contributed by atoms with E-state index in [1.165, 1.54) is 0 Å². The summed E-state index contributed by atoms with van der Waals surface area (Å²) in [5, 5.41) is 0.449. The standard InChI is InChI=1S/C8H12ClNO/c1-6(10)2-3-7-4-5-8(9)11-7/h4-6H,2-3,10H2,1H3. The van der Waals surface area contributed by atoms with Crippen LogP contribution in [0.5, 0.6) is 0 Å². The van der Waals surface area contributed by atoms with E-state index in [4.69, 9.17) is 21.8 Å². The van der Waals surface area contributed by atoms with Crippen molar-refractivity contribution in [2.45, 2.75) is 25.8 Å². The highest BCUT2D eigenvalue weighted by molar-refractivity contribution is 6.28. The molecule has 1 unspecified atom stereocenters. The van der Waals surface area contributed by atoms with Gasteiger partial charge in [0, 0.05) is 12.5 Å². The molecule has 1 aromatic heterocycles. The van der Waals surface area contributed by atoms with Crippen LogP contribution in [0, 0.1) is 0 Å². The lowest BCUT2D eigenvalue weighted by molar-refractivity contribution is 0.492. The van der Waals surface area contributed by atoms with Crippen LogP contribution in [0.3, 0.4) is 0 Å². The third kappa shape index (κ3) is 2.95. The summed E-state index contributed by atoms with van der Waals surface area (Å²) in [5.74, 6) is 0.910. The van der Waals surface area contributed by atoms with Gasteiger partial charge in [0.05, 0.1) is 0 Å². The van der Waals surface area contributed by atoms with Crippen LogP contribution in [0.15, 0.2) is 16.5 Å². The lowest BCUT2D eigenvalue weighted by Crippen LogP contribution is -2.15. The van der Waals surface area contributed by atoms with Gasteiger partial charge in [0.25, 0.3) is 0 Å². The van der Waals surface area contributed by atoms with Crippen molar-refractivity contribution in [3.63, 3.8) is 0 Å². The van der Waals surface area contributed by atoms with Crippen molar-refractivity contribution >= 4 is 11.6 Å². The summed E-state index contributed by atoms with van der Waals surface area (Å²) in [5.41, 5.74) is 5.57. The Hall–Kier alpha value is -0.470. The predicted octanol–water partition coefficient (Wildman–Crippen LogP) is 2.21. The molecule has 0 bridgehead atoms. The minimum absolute atomic E-state index is 0.221. The van der Waals surface area contributed by atoms with Crippen molar-refractivity contribution in [3.05, 3.63) is 23.1 Å². The maximum absolute atomic E-state index is 5.58. The summed E-state index contributed by atoms with van der Waals surface area (Å²) in [4.78, 5) is 0. The van der Waals surface area contributed by atoms with E-state index in [2.05, 4.69) is 0 Å². The third-order valence-electron chi connectivity index (χ3n) is 1.47. The Morgan fingerprint density at radius 2 is 2.36 bits per heavy atom. The minimum Gasteiger partial charge on any atom is -0.450 e. The van der Waals surface area contributed by atoms with Gasteiger partial charge >= 0.3 is 0 Å². The molecule has 0 radical (unpaired) electrons. The molecule has 11 heavy (non-hydrogen) atoms. The van der Waals surface area contributed by atoms with Gasteiger partial charge in [-0.15, -0.1) is 0 Å². The van der Waals surface area contributed by atoms with E-state index in [1.54, 1.807) is 6.07 Å². The molecule has 0 spiro atoms. The summed E-state index contributed by atoms with van der Waals surface area (Å²) < 4.78 is 5.14. The molecule has 1 heterocycles. The molecular weight excluding hydrogens is 162 g/mol. The molecule has 0 aliphatic carbocycles. The van der Waals surface area contributed by atoms with E-state index in [0.29, 0.717) is 5.22 Å². The van der Waals surface area contributed by atoms with Gasteiger partial charge in [0.15, 0.2) is 5.22 Å². The first-order chi connectivity index (χ1) is 5.18. The average molecular weight is 174 g/mol. The quantitative estimate of drug-likeness (QED) is 0.762. The highest BCUT2D eigenvalue weighted by Crippen LogP contribution is 2.14. The van der Waals surface area contributed by atoms with Crippen LogP contribution in [0.1, 0.15) is 19.1 Å². The average Bonchev–Trinajstić information content (AvgIpc) is 2.31. The summed E-state index contributed by atoms with van der Waals surface area (Å²) in [7, 11) is 0. The third-order valence-corrected chi connectivity index (χ3v) is 1.68. The SMILES string of the molecule is CC(N)CCc1ccc(Cl)o1. The number of rotatable bonds is 3. The molecule has 0 fully saturated rings. The number of aryl methyl sites for hydroxylation is 1. The van der Waals surface area contributed by atoms with Crippen molar-refractivity contribution in [3.8, 4) is 0 Å². The van der Waals surface area contributed by atoms with Crippen molar-refractivity contribution < 1.29 is 4.42 Å². The van der Waals surface area contributed by atoms with Crippen LogP contribution >= 0.6 is 11.6 Å². The lowest BCUT2D eigenvalue weighted by Gasteiger charge is -2.00. The molecule has 3 heteroatoms. The monoisotopic (exact) mass is 173 g/mol. The molecular formula is C8H12ClNO. The summed E-state index contributed by atoms with van der Waals surface area (Å²) in [6.07, 6.45) is 1.80.